The minimum Gasteiger partial charge on any atom is -0.393 e. The Balaban J connectivity index is 3.01. The molecule has 0 heterocycles. The monoisotopic (exact) mass is 304 g/mol. The van der Waals surface area contributed by atoms with Crippen LogP contribution < -0.4 is 10.2 Å². The van der Waals surface area contributed by atoms with Gasteiger partial charge < -0.3 is 15.3 Å². The number of nitrogens with one attached hydrogen (secondary N) is 1. The molecule has 120 valence electrons. The van der Waals surface area contributed by atoms with Crippen LogP contribution in [0.1, 0.15) is 31.4 Å². The van der Waals surface area contributed by atoms with Gasteiger partial charge in [0.1, 0.15) is 0 Å². The SMILES string of the molecule is CCNCc1ccc(N(C)CCC(C)O)c(C(F)(F)F)c1. The van der Waals surface area contributed by atoms with E-state index in [4.69, 9.17) is 0 Å². The molecule has 0 spiro atoms. The van der Waals surface area contributed by atoms with Gasteiger partial charge in [0.25, 0.3) is 0 Å². The molecule has 1 aromatic carbocycles. The van der Waals surface area contributed by atoms with E-state index < -0.39 is 17.8 Å². The van der Waals surface area contributed by atoms with Crippen LogP contribution in [0.5, 0.6) is 0 Å². The summed E-state index contributed by atoms with van der Waals surface area (Å²) in [7, 11) is 1.61. The van der Waals surface area contributed by atoms with Crippen LogP contribution in [0.15, 0.2) is 18.2 Å². The van der Waals surface area contributed by atoms with Crippen LogP contribution in [-0.4, -0.2) is 31.3 Å². The molecule has 0 saturated carbocycles. The van der Waals surface area contributed by atoms with Crippen molar-refractivity contribution in [2.24, 2.45) is 0 Å². The number of rotatable bonds is 7. The lowest BCUT2D eigenvalue weighted by Crippen LogP contribution is -2.25. The summed E-state index contributed by atoms with van der Waals surface area (Å²) in [5.41, 5.74) is 0.117. The van der Waals surface area contributed by atoms with E-state index in [2.05, 4.69) is 5.32 Å². The Labute approximate surface area is 123 Å². The van der Waals surface area contributed by atoms with E-state index in [1.165, 1.54) is 17.0 Å². The molecular formula is C15H23F3N2O. The average Bonchev–Trinajstić information content (AvgIpc) is 2.41. The fourth-order valence-electron chi connectivity index (χ4n) is 2.02. The van der Waals surface area contributed by atoms with Crippen molar-refractivity contribution in [2.45, 2.75) is 39.1 Å². The maximum Gasteiger partial charge on any atom is 0.418 e. The number of hydrogen-bond acceptors (Lipinski definition) is 3. The van der Waals surface area contributed by atoms with E-state index in [0.717, 1.165) is 0 Å². The third kappa shape index (κ3) is 5.55. The van der Waals surface area contributed by atoms with Crippen molar-refractivity contribution in [1.82, 2.24) is 5.32 Å². The predicted octanol–water partition coefficient (Wildman–Crippen LogP) is 3.02. The molecular weight excluding hydrogens is 281 g/mol. The average molecular weight is 304 g/mol. The van der Waals surface area contributed by atoms with Crippen molar-refractivity contribution < 1.29 is 18.3 Å². The van der Waals surface area contributed by atoms with Crippen LogP contribution in [0.3, 0.4) is 0 Å². The van der Waals surface area contributed by atoms with E-state index >= 15 is 0 Å². The zero-order chi connectivity index (χ0) is 16.0. The van der Waals surface area contributed by atoms with Crippen LogP contribution in [0.2, 0.25) is 0 Å². The fraction of sp³-hybridized carbons (Fsp3) is 0.600. The lowest BCUT2D eigenvalue weighted by Gasteiger charge is -2.24. The van der Waals surface area contributed by atoms with Crippen LogP contribution in [0.25, 0.3) is 0 Å². The van der Waals surface area contributed by atoms with Gasteiger partial charge in [-0.25, -0.2) is 0 Å². The Morgan fingerprint density at radius 3 is 2.52 bits per heavy atom. The van der Waals surface area contributed by atoms with Crippen molar-refractivity contribution in [3.05, 3.63) is 29.3 Å². The third-order valence-corrected chi connectivity index (χ3v) is 3.24. The second-order valence-electron chi connectivity index (χ2n) is 5.19. The van der Waals surface area contributed by atoms with Gasteiger partial charge in [-0.2, -0.15) is 13.2 Å². The molecule has 0 aliphatic rings. The molecule has 0 aliphatic carbocycles. The number of nitrogens with zero attached hydrogens (tertiary/aromatic N) is 1. The predicted molar refractivity (Wildman–Crippen MR) is 78.4 cm³/mol. The van der Waals surface area contributed by atoms with Crippen LogP contribution in [-0.2, 0) is 12.7 Å². The number of benzene rings is 1. The molecule has 1 unspecified atom stereocenters. The minimum absolute atomic E-state index is 0.142. The molecule has 3 nitrogen and oxygen atoms in total. The summed E-state index contributed by atoms with van der Waals surface area (Å²) in [4.78, 5) is 1.53. The molecule has 1 rings (SSSR count). The van der Waals surface area contributed by atoms with Gasteiger partial charge in [-0.15, -0.1) is 0 Å². The number of aliphatic hydroxyl groups excluding tert-OH is 1. The highest BCUT2D eigenvalue weighted by atomic mass is 19.4. The van der Waals surface area contributed by atoms with E-state index in [1.807, 2.05) is 6.92 Å². The third-order valence-electron chi connectivity index (χ3n) is 3.24. The van der Waals surface area contributed by atoms with Gasteiger partial charge in [-0.1, -0.05) is 13.0 Å². The van der Waals surface area contributed by atoms with E-state index in [-0.39, 0.29) is 5.69 Å². The number of anilines is 1. The molecule has 21 heavy (non-hydrogen) atoms. The molecule has 2 N–H and O–H groups in total. The summed E-state index contributed by atoms with van der Waals surface area (Å²) >= 11 is 0. The van der Waals surface area contributed by atoms with E-state index in [0.29, 0.717) is 31.6 Å². The molecule has 1 aromatic rings. The molecule has 0 fully saturated rings. The summed E-state index contributed by atoms with van der Waals surface area (Å²) < 4.78 is 39.6. The van der Waals surface area contributed by atoms with Crippen molar-refractivity contribution in [1.29, 1.82) is 0 Å². The van der Waals surface area contributed by atoms with E-state index in [9.17, 15) is 18.3 Å². The van der Waals surface area contributed by atoms with Crippen molar-refractivity contribution in [3.63, 3.8) is 0 Å². The second kappa shape index (κ2) is 7.66. The van der Waals surface area contributed by atoms with Crippen molar-refractivity contribution in [3.8, 4) is 0 Å². The summed E-state index contributed by atoms with van der Waals surface area (Å²) in [6, 6.07) is 4.39. The first kappa shape index (κ1) is 17.8. The first-order valence-corrected chi connectivity index (χ1v) is 7.05. The number of hydrogen-bond donors (Lipinski definition) is 2. The highest BCUT2D eigenvalue weighted by Crippen LogP contribution is 2.37. The van der Waals surface area contributed by atoms with E-state index in [1.54, 1.807) is 20.0 Å². The molecule has 0 aromatic heterocycles. The molecule has 1 atom stereocenters. The van der Waals surface area contributed by atoms with Gasteiger partial charge in [-0.3, -0.25) is 0 Å². The first-order chi connectivity index (χ1) is 9.75. The topological polar surface area (TPSA) is 35.5 Å². The van der Waals surface area contributed by atoms with Crippen LogP contribution in [0.4, 0.5) is 18.9 Å². The summed E-state index contributed by atoms with van der Waals surface area (Å²) in [5.74, 6) is 0. The second-order valence-corrected chi connectivity index (χ2v) is 5.19. The molecule has 0 aliphatic heterocycles. The largest absolute Gasteiger partial charge is 0.418 e. The highest BCUT2D eigenvalue weighted by molar-refractivity contribution is 5.56. The Morgan fingerprint density at radius 2 is 2.00 bits per heavy atom. The van der Waals surface area contributed by atoms with Crippen LogP contribution in [0, 0.1) is 0 Å². The van der Waals surface area contributed by atoms with Gasteiger partial charge >= 0.3 is 6.18 Å². The van der Waals surface area contributed by atoms with Gasteiger partial charge in [0.2, 0.25) is 0 Å². The Morgan fingerprint density at radius 1 is 1.33 bits per heavy atom. The van der Waals surface area contributed by atoms with Crippen molar-refractivity contribution >= 4 is 5.69 Å². The summed E-state index contributed by atoms with van der Waals surface area (Å²) in [6.07, 6.45) is -4.50. The lowest BCUT2D eigenvalue weighted by molar-refractivity contribution is -0.137. The number of alkyl halides is 3. The quantitative estimate of drug-likeness (QED) is 0.813. The minimum atomic E-state index is -4.39. The van der Waals surface area contributed by atoms with Gasteiger partial charge in [0.15, 0.2) is 0 Å². The van der Waals surface area contributed by atoms with Gasteiger partial charge in [0, 0.05) is 25.8 Å². The Bertz CT molecular complexity index is 447. The highest BCUT2D eigenvalue weighted by Gasteiger charge is 2.34. The molecule has 6 heteroatoms. The number of aliphatic hydroxyl groups is 1. The fourth-order valence-corrected chi connectivity index (χ4v) is 2.02. The smallest absolute Gasteiger partial charge is 0.393 e. The Hall–Kier alpha value is -1.27. The zero-order valence-corrected chi connectivity index (χ0v) is 12.7. The van der Waals surface area contributed by atoms with Gasteiger partial charge in [-0.05, 0) is 37.6 Å². The lowest BCUT2D eigenvalue weighted by atomic mass is 10.1. The Kier molecular flexibility index (Phi) is 6.48. The molecule has 0 saturated heterocycles. The zero-order valence-electron chi connectivity index (χ0n) is 12.7. The standard InChI is InChI=1S/C15H23F3N2O/c1-4-19-10-12-5-6-14(13(9-12)15(16,17)18)20(3)8-7-11(2)21/h5-6,9,11,19,21H,4,7-8,10H2,1-3H3. The maximum absolute atomic E-state index is 13.2. The number of halogens is 3. The maximum atomic E-state index is 13.2. The molecule has 0 bridgehead atoms. The molecule has 0 radical (unpaired) electrons. The first-order valence-electron chi connectivity index (χ1n) is 7.05. The van der Waals surface area contributed by atoms with Crippen LogP contribution >= 0.6 is 0 Å². The van der Waals surface area contributed by atoms with Gasteiger partial charge in [0.05, 0.1) is 11.7 Å². The summed E-state index contributed by atoms with van der Waals surface area (Å²) in [5, 5.41) is 12.3. The molecule has 0 amide bonds. The summed E-state index contributed by atoms with van der Waals surface area (Å²) in [6.45, 7) is 5.02. The normalized spacial score (nSPS) is 13.3. The van der Waals surface area contributed by atoms with Crippen molar-refractivity contribution in [2.75, 3.05) is 25.0 Å².